The smallest absolute Gasteiger partial charge is 0.234 e. The summed E-state index contributed by atoms with van der Waals surface area (Å²) in [6.07, 6.45) is 1.08. The van der Waals surface area contributed by atoms with Crippen LogP contribution >= 0.6 is 23.1 Å². The van der Waals surface area contributed by atoms with Crippen LogP contribution in [0.25, 0.3) is 10.2 Å². The molecular formula is C17H16FN3O3S3. The van der Waals surface area contributed by atoms with Gasteiger partial charge in [0, 0.05) is 0 Å². The largest absolute Gasteiger partial charge is 0.323 e. The van der Waals surface area contributed by atoms with Crippen molar-refractivity contribution in [1.82, 2.24) is 4.98 Å². The molecule has 0 aliphatic rings. The molecule has 3 rings (SSSR count). The van der Waals surface area contributed by atoms with E-state index in [1.165, 1.54) is 29.2 Å². The molecule has 0 radical (unpaired) electrons. The summed E-state index contributed by atoms with van der Waals surface area (Å²) < 4.78 is 40.2. The van der Waals surface area contributed by atoms with Gasteiger partial charge in [0.15, 0.2) is 4.34 Å². The third-order valence-corrected chi connectivity index (χ3v) is 6.16. The van der Waals surface area contributed by atoms with E-state index in [0.29, 0.717) is 15.5 Å². The number of fused-ring (bicyclic) bond motifs is 1. The van der Waals surface area contributed by atoms with Crippen LogP contribution in [-0.4, -0.2) is 31.3 Å². The van der Waals surface area contributed by atoms with Gasteiger partial charge in [-0.25, -0.2) is 17.8 Å². The van der Waals surface area contributed by atoms with Gasteiger partial charge in [0.1, 0.15) is 5.82 Å². The number of amides is 1. The van der Waals surface area contributed by atoms with Crippen LogP contribution in [0.3, 0.4) is 0 Å². The van der Waals surface area contributed by atoms with Crippen molar-refractivity contribution in [2.45, 2.75) is 11.3 Å². The quantitative estimate of drug-likeness (QED) is 0.586. The Bertz CT molecular complexity index is 1110. The van der Waals surface area contributed by atoms with Gasteiger partial charge in [-0.1, -0.05) is 17.8 Å². The Kier molecular flexibility index (Phi) is 5.68. The zero-order valence-electron chi connectivity index (χ0n) is 14.4. The van der Waals surface area contributed by atoms with E-state index in [2.05, 4.69) is 15.0 Å². The summed E-state index contributed by atoms with van der Waals surface area (Å²) >= 11 is 2.59. The van der Waals surface area contributed by atoms with Gasteiger partial charge in [-0.3, -0.25) is 9.52 Å². The van der Waals surface area contributed by atoms with E-state index >= 15 is 0 Å². The van der Waals surface area contributed by atoms with Gasteiger partial charge < -0.3 is 5.32 Å². The van der Waals surface area contributed by atoms with Crippen molar-refractivity contribution in [3.63, 3.8) is 0 Å². The number of nitrogens with one attached hydrogen (secondary N) is 2. The Balaban J connectivity index is 1.66. The molecule has 1 heterocycles. The highest BCUT2D eigenvalue weighted by atomic mass is 32.2. The van der Waals surface area contributed by atoms with E-state index in [4.69, 9.17) is 0 Å². The van der Waals surface area contributed by atoms with Crippen molar-refractivity contribution in [2.75, 3.05) is 22.0 Å². The second-order valence-corrected chi connectivity index (χ2v) is 9.86. The molecule has 2 aromatic carbocycles. The fraction of sp³-hybridized carbons (Fsp3) is 0.176. The van der Waals surface area contributed by atoms with Crippen LogP contribution < -0.4 is 10.0 Å². The first-order chi connectivity index (χ1) is 12.7. The van der Waals surface area contributed by atoms with Gasteiger partial charge in [-0.15, -0.1) is 11.3 Å². The lowest BCUT2D eigenvalue weighted by atomic mass is 10.2. The number of sulfonamides is 1. The van der Waals surface area contributed by atoms with Crippen molar-refractivity contribution in [3.8, 4) is 0 Å². The molecule has 0 saturated carbocycles. The summed E-state index contributed by atoms with van der Waals surface area (Å²) in [5.41, 5.74) is 2.18. The molecule has 27 heavy (non-hydrogen) atoms. The number of nitrogens with zero attached hydrogens (tertiary/aromatic N) is 1. The first-order valence-corrected chi connectivity index (χ1v) is 11.5. The number of aromatic nitrogens is 1. The van der Waals surface area contributed by atoms with Crippen molar-refractivity contribution < 1.29 is 17.6 Å². The van der Waals surface area contributed by atoms with Gasteiger partial charge in [0.25, 0.3) is 0 Å². The molecule has 0 spiro atoms. The Morgan fingerprint density at radius 1 is 1.26 bits per heavy atom. The topological polar surface area (TPSA) is 88.2 Å². The lowest BCUT2D eigenvalue weighted by Crippen LogP contribution is -2.15. The molecule has 0 unspecified atom stereocenters. The fourth-order valence-electron chi connectivity index (χ4n) is 2.29. The predicted molar refractivity (Wildman–Crippen MR) is 109 cm³/mol. The first kappa shape index (κ1) is 19.6. The average Bonchev–Trinajstić information content (AvgIpc) is 2.97. The van der Waals surface area contributed by atoms with E-state index in [1.54, 1.807) is 30.3 Å². The molecule has 142 valence electrons. The number of hydrogen-bond donors (Lipinski definition) is 2. The van der Waals surface area contributed by atoms with E-state index in [0.717, 1.165) is 16.5 Å². The minimum Gasteiger partial charge on any atom is -0.323 e. The number of thiazole rings is 1. The number of carbonyl (C=O) groups excluding carboxylic acids is 1. The molecule has 1 amide bonds. The van der Waals surface area contributed by atoms with Crippen LogP contribution in [0.5, 0.6) is 0 Å². The number of aryl methyl sites for hydroxylation is 1. The second kappa shape index (κ2) is 7.83. The number of halogens is 1. The number of rotatable bonds is 6. The first-order valence-electron chi connectivity index (χ1n) is 7.77. The molecule has 2 N–H and O–H groups in total. The van der Waals surface area contributed by atoms with Crippen LogP contribution in [0.15, 0.2) is 40.7 Å². The zero-order valence-corrected chi connectivity index (χ0v) is 16.9. The summed E-state index contributed by atoms with van der Waals surface area (Å²) in [6.45, 7) is 1.82. The van der Waals surface area contributed by atoms with Crippen LogP contribution in [0.4, 0.5) is 15.8 Å². The van der Waals surface area contributed by atoms with E-state index in [-0.39, 0.29) is 17.3 Å². The number of anilines is 2. The Morgan fingerprint density at radius 3 is 2.78 bits per heavy atom. The molecule has 10 heteroatoms. The molecule has 6 nitrogen and oxygen atoms in total. The van der Waals surface area contributed by atoms with Crippen LogP contribution in [-0.2, 0) is 14.8 Å². The summed E-state index contributed by atoms with van der Waals surface area (Å²) in [5.74, 6) is -0.727. The van der Waals surface area contributed by atoms with E-state index in [1.807, 2.05) is 6.92 Å². The Labute approximate surface area is 164 Å². The molecule has 0 bridgehead atoms. The molecule has 1 aromatic heterocycles. The summed E-state index contributed by atoms with van der Waals surface area (Å²) in [4.78, 5) is 16.5. The molecule has 0 aliphatic carbocycles. The lowest BCUT2D eigenvalue weighted by Gasteiger charge is -2.06. The summed E-state index contributed by atoms with van der Waals surface area (Å²) in [5, 5.41) is 2.56. The Hall–Kier alpha value is -2.17. The SMILES string of the molecule is Cc1ccc(F)c(NC(=O)CSc2nc3ccc(NS(C)(=O)=O)cc3s2)c1. The summed E-state index contributed by atoms with van der Waals surface area (Å²) in [6, 6.07) is 9.56. The number of hydrogen-bond acceptors (Lipinski definition) is 6. The van der Waals surface area contributed by atoms with Gasteiger partial charge >= 0.3 is 0 Å². The van der Waals surface area contributed by atoms with Crippen LogP contribution in [0.1, 0.15) is 5.56 Å². The maximum absolute atomic E-state index is 13.7. The highest BCUT2D eigenvalue weighted by molar-refractivity contribution is 8.01. The standard InChI is InChI=1S/C17H16FN3O3S3/c1-10-3-5-12(18)14(7-10)19-16(22)9-25-17-20-13-6-4-11(8-15(13)26-17)21-27(2,23)24/h3-8,21H,9H2,1-2H3,(H,19,22). The third kappa shape index (κ3) is 5.41. The maximum Gasteiger partial charge on any atom is 0.234 e. The molecule has 0 fully saturated rings. The number of carbonyl (C=O) groups is 1. The minimum absolute atomic E-state index is 0.0850. The highest BCUT2D eigenvalue weighted by Crippen LogP contribution is 2.31. The highest BCUT2D eigenvalue weighted by Gasteiger charge is 2.11. The molecule has 0 aliphatic heterocycles. The molecule has 0 saturated heterocycles. The second-order valence-electron chi connectivity index (χ2n) is 5.86. The summed E-state index contributed by atoms with van der Waals surface area (Å²) in [7, 11) is -3.35. The van der Waals surface area contributed by atoms with Crippen LogP contribution in [0, 0.1) is 12.7 Å². The monoisotopic (exact) mass is 425 g/mol. The zero-order chi connectivity index (χ0) is 19.6. The van der Waals surface area contributed by atoms with E-state index in [9.17, 15) is 17.6 Å². The fourth-order valence-corrected chi connectivity index (χ4v) is 4.75. The average molecular weight is 426 g/mol. The normalized spacial score (nSPS) is 11.5. The molecule has 3 aromatic rings. The predicted octanol–water partition coefficient (Wildman–Crippen LogP) is 3.85. The molecular weight excluding hydrogens is 409 g/mol. The van der Waals surface area contributed by atoms with Crippen molar-refractivity contribution in [1.29, 1.82) is 0 Å². The van der Waals surface area contributed by atoms with Gasteiger partial charge in [0.05, 0.1) is 33.6 Å². The number of benzene rings is 2. The minimum atomic E-state index is -3.35. The third-order valence-electron chi connectivity index (χ3n) is 3.39. The maximum atomic E-state index is 13.7. The van der Waals surface area contributed by atoms with E-state index < -0.39 is 15.8 Å². The van der Waals surface area contributed by atoms with Crippen molar-refractivity contribution in [2.24, 2.45) is 0 Å². The van der Waals surface area contributed by atoms with Gasteiger partial charge in [-0.2, -0.15) is 0 Å². The lowest BCUT2D eigenvalue weighted by molar-refractivity contribution is -0.113. The van der Waals surface area contributed by atoms with Crippen LogP contribution in [0.2, 0.25) is 0 Å². The van der Waals surface area contributed by atoms with Gasteiger partial charge in [0.2, 0.25) is 15.9 Å². The van der Waals surface area contributed by atoms with Gasteiger partial charge in [-0.05, 0) is 42.8 Å². The Morgan fingerprint density at radius 2 is 2.04 bits per heavy atom. The number of thioether (sulfide) groups is 1. The van der Waals surface area contributed by atoms with Crippen molar-refractivity contribution >= 4 is 60.6 Å². The van der Waals surface area contributed by atoms with Crippen molar-refractivity contribution in [3.05, 3.63) is 47.8 Å². The molecule has 0 atom stereocenters.